The minimum Gasteiger partial charge on any atom is -0.512 e. The van der Waals surface area contributed by atoms with E-state index < -0.39 is 0 Å². The number of hydrogen-bond acceptors (Lipinski definition) is 4. The summed E-state index contributed by atoms with van der Waals surface area (Å²) < 4.78 is 0. The van der Waals surface area contributed by atoms with Gasteiger partial charge in [-0.05, 0) is 103 Å². The molecule has 3 aromatic carbocycles. The maximum Gasteiger partial charge on any atom is 0.164 e. The van der Waals surface area contributed by atoms with Crippen molar-refractivity contribution in [1.29, 1.82) is 0 Å². The number of fused-ring (bicyclic) bond motifs is 2. The molecule has 0 saturated heterocycles. The van der Waals surface area contributed by atoms with Crippen molar-refractivity contribution in [3.8, 4) is 22.4 Å². The SMILES string of the molecule is CCC(C)(CC)C(=O)/C=C(\O)C(C)(CC)CC.Cc1cc(CC(C)C)cc(C)c1-c1cc(-c2[c-]c3ccccc3c(C(C)(C)C)c2)nc2scc(C)c12.[Ir]. The molecule has 54 heavy (non-hydrogen) atoms. The zero-order valence-corrected chi connectivity index (χ0v) is 38.6. The Balaban J connectivity index is 0.000000372. The number of pyridine rings is 1. The van der Waals surface area contributed by atoms with E-state index in [4.69, 9.17) is 4.98 Å². The first kappa shape index (κ1) is 45.3. The summed E-state index contributed by atoms with van der Waals surface area (Å²) in [6.45, 7) is 30.3. The van der Waals surface area contributed by atoms with Gasteiger partial charge < -0.3 is 5.11 Å². The van der Waals surface area contributed by atoms with E-state index in [1.54, 1.807) is 11.3 Å². The van der Waals surface area contributed by atoms with Crippen LogP contribution in [0.4, 0.5) is 0 Å². The monoisotopic (exact) mass is 923 g/mol. The van der Waals surface area contributed by atoms with Crippen LogP contribution in [0.3, 0.4) is 0 Å². The predicted molar refractivity (Wildman–Crippen MR) is 231 cm³/mol. The fourth-order valence-electron chi connectivity index (χ4n) is 7.27. The molecule has 1 radical (unpaired) electrons. The Morgan fingerprint density at radius 1 is 0.852 bits per heavy atom. The molecule has 5 aromatic rings. The smallest absolute Gasteiger partial charge is 0.164 e. The molecule has 2 aromatic heterocycles. The first-order chi connectivity index (χ1) is 24.8. The molecule has 0 unspecified atom stereocenters. The van der Waals surface area contributed by atoms with Crippen LogP contribution in [0.1, 0.15) is 130 Å². The van der Waals surface area contributed by atoms with Crippen molar-refractivity contribution in [2.24, 2.45) is 16.7 Å². The Morgan fingerprint density at radius 2 is 1.43 bits per heavy atom. The molecule has 3 nitrogen and oxygen atoms in total. The summed E-state index contributed by atoms with van der Waals surface area (Å²) in [5.41, 5.74) is 10.9. The zero-order valence-electron chi connectivity index (χ0n) is 35.4. The average molecular weight is 923 g/mol. The summed E-state index contributed by atoms with van der Waals surface area (Å²) in [7, 11) is 0. The number of ketones is 1. The molecular weight excluding hydrogens is 859 g/mol. The quantitative estimate of drug-likeness (QED) is 0.0816. The third-order valence-corrected chi connectivity index (χ3v) is 12.7. The number of rotatable bonds is 11. The summed E-state index contributed by atoms with van der Waals surface area (Å²) in [6, 6.07) is 21.7. The number of carbonyl (C=O) groups excluding carboxylic acids is 1. The molecule has 5 heteroatoms. The number of carbonyl (C=O) groups is 1. The van der Waals surface area contributed by atoms with Crippen molar-refractivity contribution < 1.29 is 30.0 Å². The van der Waals surface area contributed by atoms with Crippen molar-refractivity contribution in [2.75, 3.05) is 0 Å². The number of aliphatic hydroxyl groups excluding tert-OH is 1. The minimum absolute atomic E-state index is 0. The fourth-order valence-corrected chi connectivity index (χ4v) is 8.21. The number of nitrogens with zero attached hydrogens (tertiary/aromatic N) is 1. The number of benzene rings is 3. The van der Waals surface area contributed by atoms with Gasteiger partial charge in [0.2, 0.25) is 0 Å². The van der Waals surface area contributed by atoms with E-state index in [0.29, 0.717) is 5.92 Å². The first-order valence-corrected chi connectivity index (χ1v) is 20.6. The van der Waals surface area contributed by atoms with Crippen LogP contribution in [0.5, 0.6) is 0 Å². The molecule has 0 amide bonds. The van der Waals surface area contributed by atoms with Crippen molar-refractivity contribution in [2.45, 2.75) is 134 Å². The van der Waals surface area contributed by atoms with Crippen molar-refractivity contribution in [1.82, 2.24) is 4.98 Å². The van der Waals surface area contributed by atoms with Crippen LogP contribution in [-0.2, 0) is 36.7 Å². The molecule has 0 saturated carbocycles. The number of aliphatic hydroxyl groups is 1. The zero-order chi connectivity index (χ0) is 39.5. The van der Waals surface area contributed by atoms with Crippen LogP contribution in [0.15, 0.2) is 65.7 Å². The summed E-state index contributed by atoms with van der Waals surface area (Å²) in [5, 5.41) is 16.1. The maximum absolute atomic E-state index is 12.2. The number of allylic oxidation sites excluding steroid dienone is 2. The van der Waals surface area contributed by atoms with E-state index >= 15 is 0 Å². The van der Waals surface area contributed by atoms with Crippen LogP contribution < -0.4 is 0 Å². The van der Waals surface area contributed by atoms with Crippen molar-refractivity contribution in [3.63, 3.8) is 0 Å². The van der Waals surface area contributed by atoms with Gasteiger partial charge in [0.15, 0.2) is 5.78 Å². The van der Waals surface area contributed by atoms with Gasteiger partial charge >= 0.3 is 0 Å². The third-order valence-electron chi connectivity index (χ3n) is 11.7. The summed E-state index contributed by atoms with van der Waals surface area (Å²) in [5.74, 6) is 0.933. The Morgan fingerprint density at radius 3 is 1.96 bits per heavy atom. The fraction of sp³-hybridized carbons (Fsp3) is 0.469. The van der Waals surface area contributed by atoms with Gasteiger partial charge in [-0.25, -0.2) is 0 Å². The Bertz CT molecular complexity index is 2080. The van der Waals surface area contributed by atoms with Crippen molar-refractivity contribution >= 4 is 38.1 Å². The summed E-state index contributed by atoms with van der Waals surface area (Å²) in [4.78, 5) is 18.5. The van der Waals surface area contributed by atoms with Crippen LogP contribution in [0.2, 0.25) is 0 Å². The van der Waals surface area contributed by atoms with Gasteiger partial charge in [-0.15, -0.1) is 40.5 Å². The third kappa shape index (κ3) is 9.81. The van der Waals surface area contributed by atoms with Crippen LogP contribution in [0.25, 0.3) is 43.4 Å². The van der Waals surface area contributed by atoms with E-state index in [-0.39, 0.29) is 47.9 Å². The Labute approximate surface area is 344 Å². The predicted octanol–water partition coefficient (Wildman–Crippen LogP) is 14.7. The standard InChI is InChI=1S/C34H36NS.C15H28O2.Ir/c1-20(2)13-24-14-21(3)31(22(4)15-24)28-18-30(35-33-32(28)23(5)19-36-33)26-16-25-11-9-10-12-27(25)29(17-26)34(6,7)8;1-7-14(5,8-2)12(16)11-13(17)15(6,9-3)10-4;/h9-12,14-15,17-20H,13H2,1-8H3;11,16H,7-10H2,1-6H3;/q-1;;/b;12-11-;. The number of aromatic nitrogens is 1. The molecule has 0 aliphatic heterocycles. The van der Waals surface area contributed by atoms with Gasteiger partial charge in [0.1, 0.15) is 10.6 Å². The topological polar surface area (TPSA) is 50.2 Å². The normalized spacial score (nSPS) is 12.5. The van der Waals surface area contributed by atoms with E-state index in [2.05, 4.69) is 115 Å². The average Bonchev–Trinajstić information content (AvgIpc) is 3.49. The molecule has 0 fully saturated rings. The largest absolute Gasteiger partial charge is 0.512 e. The Hall–Kier alpha value is -3.11. The Kier molecular flexibility index (Phi) is 15.3. The second-order valence-corrected chi connectivity index (χ2v) is 18.0. The molecule has 2 heterocycles. The minimum atomic E-state index is -0.337. The van der Waals surface area contributed by atoms with E-state index in [1.165, 1.54) is 55.8 Å². The molecule has 0 spiro atoms. The molecule has 293 valence electrons. The van der Waals surface area contributed by atoms with E-state index in [0.717, 1.165) is 53.6 Å². The second-order valence-electron chi connectivity index (χ2n) is 17.2. The van der Waals surface area contributed by atoms with Gasteiger partial charge in [-0.2, -0.15) is 0 Å². The summed E-state index contributed by atoms with van der Waals surface area (Å²) >= 11 is 1.74. The van der Waals surface area contributed by atoms with Crippen molar-refractivity contribution in [3.05, 3.63) is 99.6 Å². The molecule has 0 aliphatic carbocycles. The molecule has 0 atom stereocenters. The maximum atomic E-state index is 12.2. The number of thiophene rings is 1. The van der Waals surface area contributed by atoms with Gasteiger partial charge in [0.05, 0.1) is 0 Å². The van der Waals surface area contributed by atoms with Gasteiger partial charge in [-0.1, -0.05) is 124 Å². The first-order valence-electron chi connectivity index (χ1n) is 19.7. The molecule has 0 aliphatic rings. The number of aryl methyl sites for hydroxylation is 3. The van der Waals surface area contributed by atoms with Crippen LogP contribution >= 0.6 is 11.3 Å². The van der Waals surface area contributed by atoms with Gasteiger partial charge in [0, 0.05) is 48.1 Å². The second kappa shape index (κ2) is 18.2. The van der Waals surface area contributed by atoms with Gasteiger partial charge in [-0.3, -0.25) is 9.78 Å². The van der Waals surface area contributed by atoms with Crippen LogP contribution in [-0.4, -0.2) is 15.9 Å². The summed E-state index contributed by atoms with van der Waals surface area (Å²) in [6.07, 6.45) is 5.86. The van der Waals surface area contributed by atoms with E-state index in [9.17, 15) is 9.90 Å². The number of hydrogen-bond donors (Lipinski definition) is 1. The molecular formula is C49H64IrNO2S-. The van der Waals surface area contributed by atoms with E-state index in [1.807, 2.05) is 41.5 Å². The molecule has 1 N–H and O–H groups in total. The molecule has 5 rings (SSSR count). The molecule has 0 bridgehead atoms. The van der Waals surface area contributed by atoms with Gasteiger partial charge in [0.25, 0.3) is 0 Å². The van der Waals surface area contributed by atoms with Crippen LogP contribution in [0, 0.1) is 43.6 Å².